The molecule has 0 radical (unpaired) electrons. The minimum Gasteiger partial charge on any atom is -0.435 e. The Labute approximate surface area is 84.5 Å². The topological polar surface area (TPSA) is 48.1 Å². The molecule has 0 saturated carbocycles. The van der Waals surface area contributed by atoms with Gasteiger partial charge in [-0.1, -0.05) is 0 Å². The van der Waals surface area contributed by atoms with Crippen LogP contribution in [0.15, 0.2) is 30.5 Å². The smallest absolute Gasteiger partial charge is 0.387 e. The summed E-state index contributed by atoms with van der Waals surface area (Å²) >= 11 is 0. The number of halogens is 2. The number of benzene rings is 1. The van der Waals surface area contributed by atoms with Gasteiger partial charge < -0.3 is 10.5 Å². The average molecular weight is 210 g/mol. The minimum atomic E-state index is -2.82. The summed E-state index contributed by atoms with van der Waals surface area (Å²) in [6, 6.07) is 6.18. The van der Waals surface area contributed by atoms with Crippen LogP contribution in [0.25, 0.3) is 10.9 Å². The highest BCUT2D eigenvalue weighted by atomic mass is 19.3. The van der Waals surface area contributed by atoms with Crippen LogP contribution < -0.4 is 10.5 Å². The fourth-order valence-electron chi connectivity index (χ4n) is 1.30. The quantitative estimate of drug-likeness (QED) is 0.827. The third kappa shape index (κ3) is 2.12. The Balaban J connectivity index is 2.45. The van der Waals surface area contributed by atoms with Gasteiger partial charge in [-0.3, -0.25) is 4.98 Å². The van der Waals surface area contributed by atoms with Crippen molar-refractivity contribution in [3.8, 4) is 5.75 Å². The van der Waals surface area contributed by atoms with Crippen LogP contribution in [0, 0.1) is 0 Å². The second kappa shape index (κ2) is 3.68. The van der Waals surface area contributed by atoms with Gasteiger partial charge in [-0.2, -0.15) is 8.78 Å². The van der Waals surface area contributed by atoms with Gasteiger partial charge in [0.15, 0.2) is 0 Å². The Morgan fingerprint density at radius 3 is 2.80 bits per heavy atom. The first kappa shape index (κ1) is 9.64. The molecular weight excluding hydrogens is 202 g/mol. The SMILES string of the molecule is Nc1cnc2ccc(OC(F)F)cc2c1. The molecule has 1 heterocycles. The maximum absolute atomic E-state index is 11.9. The first-order valence-corrected chi connectivity index (χ1v) is 4.25. The summed E-state index contributed by atoms with van der Waals surface area (Å²) < 4.78 is 28.1. The summed E-state index contributed by atoms with van der Waals surface area (Å²) in [5.41, 5.74) is 6.69. The third-order valence-corrected chi connectivity index (χ3v) is 1.90. The van der Waals surface area contributed by atoms with E-state index in [0.29, 0.717) is 16.6 Å². The van der Waals surface area contributed by atoms with Crippen molar-refractivity contribution in [2.24, 2.45) is 0 Å². The lowest BCUT2D eigenvalue weighted by molar-refractivity contribution is -0.0497. The van der Waals surface area contributed by atoms with Crippen molar-refractivity contribution in [1.29, 1.82) is 0 Å². The maximum Gasteiger partial charge on any atom is 0.387 e. The van der Waals surface area contributed by atoms with Crippen LogP contribution in [0.3, 0.4) is 0 Å². The van der Waals surface area contributed by atoms with Crippen molar-refractivity contribution in [2.75, 3.05) is 5.73 Å². The summed E-state index contributed by atoms with van der Waals surface area (Å²) in [5.74, 6) is 0.102. The molecule has 1 aromatic carbocycles. The van der Waals surface area contributed by atoms with E-state index in [0.717, 1.165) is 0 Å². The number of anilines is 1. The van der Waals surface area contributed by atoms with Gasteiger partial charge in [0.05, 0.1) is 17.4 Å². The molecule has 0 unspecified atom stereocenters. The maximum atomic E-state index is 11.9. The van der Waals surface area contributed by atoms with E-state index in [1.165, 1.54) is 18.3 Å². The van der Waals surface area contributed by atoms with Gasteiger partial charge in [0, 0.05) is 5.39 Å². The Bertz CT molecular complexity index is 488. The molecule has 0 amide bonds. The molecule has 15 heavy (non-hydrogen) atoms. The number of fused-ring (bicyclic) bond motifs is 1. The van der Waals surface area contributed by atoms with E-state index < -0.39 is 6.61 Å². The monoisotopic (exact) mass is 210 g/mol. The van der Waals surface area contributed by atoms with Crippen LogP contribution in [0.1, 0.15) is 0 Å². The Morgan fingerprint density at radius 1 is 1.27 bits per heavy atom. The molecular formula is C10H8F2N2O. The van der Waals surface area contributed by atoms with Crippen molar-refractivity contribution in [2.45, 2.75) is 6.61 Å². The highest BCUT2D eigenvalue weighted by Crippen LogP contribution is 2.22. The Hall–Kier alpha value is -1.91. The second-order valence-electron chi connectivity index (χ2n) is 3.00. The number of hydrogen-bond donors (Lipinski definition) is 1. The standard InChI is InChI=1S/C10H8F2N2O/c11-10(12)15-8-1-2-9-6(4-8)3-7(13)5-14-9/h1-5,10H,13H2. The van der Waals surface area contributed by atoms with Crippen LogP contribution in [0.2, 0.25) is 0 Å². The normalized spacial score (nSPS) is 10.9. The van der Waals surface area contributed by atoms with Gasteiger partial charge in [0.1, 0.15) is 5.75 Å². The molecule has 0 fully saturated rings. The number of hydrogen-bond acceptors (Lipinski definition) is 3. The molecule has 0 saturated heterocycles. The van der Waals surface area contributed by atoms with Gasteiger partial charge in [0.2, 0.25) is 0 Å². The highest BCUT2D eigenvalue weighted by molar-refractivity contribution is 5.82. The van der Waals surface area contributed by atoms with E-state index in [-0.39, 0.29) is 5.75 Å². The van der Waals surface area contributed by atoms with Crippen molar-refractivity contribution in [3.05, 3.63) is 30.5 Å². The number of alkyl halides is 2. The van der Waals surface area contributed by atoms with Crippen LogP contribution in [-0.4, -0.2) is 11.6 Å². The van der Waals surface area contributed by atoms with E-state index >= 15 is 0 Å². The highest BCUT2D eigenvalue weighted by Gasteiger charge is 2.05. The molecule has 0 aliphatic carbocycles. The molecule has 2 aromatic rings. The molecule has 0 aliphatic rings. The lowest BCUT2D eigenvalue weighted by atomic mass is 10.2. The third-order valence-electron chi connectivity index (χ3n) is 1.90. The first-order valence-electron chi connectivity index (χ1n) is 4.25. The van der Waals surface area contributed by atoms with Crippen LogP contribution in [0.5, 0.6) is 5.75 Å². The van der Waals surface area contributed by atoms with Crippen LogP contribution >= 0.6 is 0 Å². The number of ether oxygens (including phenoxy) is 1. The van der Waals surface area contributed by atoms with Gasteiger partial charge in [-0.25, -0.2) is 0 Å². The molecule has 0 spiro atoms. The van der Waals surface area contributed by atoms with Crippen LogP contribution in [0.4, 0.5) is 14.5 Å². The van der Waals surface area contributed by atoms with E-state index in [1.807, 2.05) is 0 Å². The lowest BCUT2D eigenvalue weighted by Crippen LogP contribution is -2.01. The second-order valence-corrected chi connectivity index (χ2v) is 3.00. The average Bonchev–Trinajstić information content (AvgIpc) is 2.16. The van der Waals surface area contributed by atoms with Crippen molar-refractivity contribution in [1.82, 2.24) is 4.98 Å². The first-order chi connectivity index (χ1) is 7.15. The number of aromatic nitrogens is 1. The molecule has 3 nitrogen and oxygen atoms in total. The van der Waals surface area contributed by atoms with E-state index in [1.54, 1.807) is 12.1 Å². The van der Waals surface area contributed by atoms with Crippen LogP contribution in [-0.2, 0) is 0 Å². The van der Waals surface area contributed by atoms with Crippen molar-refractivity contribution in [3.63, 3.8) is 0 Å². The summed E-state index contributed by atoms with van der Waals surface area (Å²) in [4.78, 5) is 4.03. The Morgan fingerprint density at radius 2 is 2.07 bits per heavy atom. The van der Waals surface area contributed by atoms with Gasteiger partial charge in [0.25, 0.3) is 0 Å². The molecule has 0 aliphatic heterocycles. The molecule has 0 bridgehead atoms. The molecule has 5 heteroatoms. The number of rotatable bonds is 2. The zero-order valence-electron chi connectivity index (χ0n) is 7.65. The fraction of sp³-hybridized carbons (Fsp3) is 0.100. The number of nitrogen functional groups attached to an aromatic ring is 1. The summed E-state index contributed by atoms with van der Waals surface area (Å²) in [6.45, 7) is -2.82. The molecule has 78 valence electrons. The number of nitrogens with zero attached hydrogens (tertiary/aromatic N) is 1. The van der Waals surface area contributed by atoms with E-state index in [9.17, 15) is 8.78 Å². The summed E-state index contributed by atoms with van der Waals surface area (Å²) in [6.07, 6.45) is 1.51. The van der Waals surface area contributed by atoms with Crippen molar-refractivity contribution < 1.29 is 13.5 Å². The van der Waals surface area contributed by atoms with E-state index in [2.05, 4.69) is 9.72 Å². The number of nitrogens with two attached hydrogens (primary N) is 1. The summed E-state index contributed by atoms with van der Waals surface area (Å²) in [7, 11) is 0. The summed E-state index contributed by atoms with van der Waals surface area (Å²) in [5, 5.41) is 0.674. The zero-order chi connectivity index (χ0) is 10.8. The van der Waals surface area contributed by atoms with Gasteiger partial charge in [-0.05, 0) is 24.3 Å². The largest absolute Gasteiger partial charge is 0.435 e. The lowest BCUT2D eigenvalue weighted by Gasteiger charge is -2.05. The predicted octanol–water partition coefficient (Wildman–Crippen LogP) is 2.42. The minimum absolute atomic E-state index is 0.102. The molecule has 2 rings (SSSR count). The molecule has 0 atom stereocenters. The fourth-order valence-corrected chi connectivity index (χ4v) is 1.30. The van der Waals surface area contributed by atoms with Gasteiger partial charge >= 0.3 is 6.61 Å². The Kier molecular flexibility index (Phi) is 2.37. The van der Waals surface area contributed by atoms with Crippen molar-refractivity contribution >= 4 is 16.6 Å². The van der Waals surface area contributed by atoms with Gasteiger partial charge in [-0.15, -0.1) is 0 Å². The number of pyridine rings is 1. The molecule has 2 N–H and O–H groups in total. The predicted molar refractivity (Wildman–Crippen MR) is 52.8 cm³/mol. The van der Waals surface area contributed by atoms with E-state index in [4.69, 9.17) is 5.73 Å². The molecule has 1 aromatic heterocycles. The zero-order valence-corrected chi connectivity index (χ0v) is 7.65.